The van der Waals surface area contributed by atoms with E-state index in [0.717, 1.165) is 15.8 Å². The van der Waals surface area contributed by atoms with Crippen molar-refractivity contribution in [3.63, 3.8) is 0 Å². The second-order valence-electron chi connectivity index (χ2n) is 2.61. The van der Waals surface area contributed by atoms with Gasteiger partial charge in [-0.3, -0.25) is 4.84 Å². The quantitative estimate of drug-likeness (QED) is 0.841. The maximum Gasteiger partial charge on any atom is 0.133 e. The Morgan fingerprint density at radius 1 is 1.21 bits per heavy atom. The van der Waals surface area contributed by atoms with Gasteiger partial charge in [-0.1, -0.05) is 0 Å². The molecule has 0 saturated heterocycles. The van der Waals surface area contributed by atoms with Crippen LogP contribution in [0.25, 0.3) is 0 Å². The summed E-state index contributed by atoms with van der Waals surface area (Å²) in [6, 6.07) is 3.63. The molecule has 2 N–H and O–H groups in total. The zero-order chi connectivity index (χ0) is 10.6. The molecule has 0 saturated carbocycles. The molecule has 0 spiro atoms. The van der Waals surface area contributed by atoms with Gasteiger partial charge in [-0.2, -0.15) is 0 Å². The summed E-state index contributed by atoms with van der Waals surface area (Å²) in [5, 5.41) is 0. The third-order valence-electron chi connectivity index (χ3n) is 1.79. The number of rotatable bonds is 4. The van der Waals surface area contributed by atoms with Crippen LogP contribution < -0.4 is 15.4 Å². The summed E-state index contributed by atoms with van der Waals surface area (Å²) < 4.78 is 11.1. The molecule has 0 bridgehead atoms. The summed E-state index contributed by atoms with van der Waals surface area (Å²) >= 11 is 3.36. The van der Waals surface area contributed by atoms with Gasteiger partial charge in [-0.05, 0) is 28.1 Å². The van der Waals surface area contributed by atoms with Gasteiger partial charge < -0.3 is 9.47 Å². The van der Waals surface area contributed by atoms with Crippen molar-refractivity contribution in [1.29, 1.82) is 0 Å². The van der Waals surface area contributed by atoms with Crippen LogP contribution in [-0.4, -0.2) is 14.2 Å². The predicted octanol–water partition coefficient (Wildman–Crippen LogP) is 1.86. The second kappa shape index (κ2) is 5.19. The minimum atomic E-state index is 0.285. The van der Waals surface area contributed by atoms with Crippen LogP contribution in [0.5, 0.6) is 11.5 Å². The van der Waals surface area contributed by atoms with Gasteiger partial charge in [0.2, 0.25) is 0 Å². The summed E-state index contributed by atoms with van der Waals surface area (Å²) in [6.07, 6.45) is 0. The highest BCUT2D eigenvalue weighted by Crippen LogP contribution is 2.32. The molecule has 0 aliphatic rings. The first kappa shape index (κ1) is 11.3. The van der Waals surface area contributed by atoms with Crippen LogP contribution in [0.2, 0.25) is 0 Å². The predicted molar refractivity (Wildman–Crippen MR) is 56.2 cm³/mol. The van der Waals surface area contributed by atoms with Crippen LogP contribution in [0.4, 0.5) is 0 Å². The smallest absolute Gasteiger partial charge is 0.133 e. The molecule has 0 heterocycles. The fourth-order valence-corrected chi connectivity index (χ4v) is 1.61. The number of halogens is 1. The van der Waals surface area contributed by atoms with Crippen LogP contribution in [0, 0.1) is 0 Å². The van der Waals surface area contributed by atoms with E-state index in [1.807, 2.05) is 12.1 Å². The number of ether oxygens (including phenoxy) is 2. The van der Waals surface area contributed by atoms with Gasteiger partial charge in [-0.15, -0.1) is 0 Å². The fourth-order valence-electron chi connectivity index (χ4n) is 1.13. The number of benzene rings is 1. The lowest BCUT2D eigenvalue weighted by Crippen LogP contribution is -2.01. The van der Waals surface area contributed by atoms with Crippen molar-refractivity contribution in [3.8, 4) is 11.5 Å². The standard InChI is InChI=1S/C9H12BrNO3/c1-12-8-4-7(10)9(13-2)3-6(8)5-14-11/h3-4H,5,11H2,1-2H3. The highest BCUT2D eigenvalue weighted by molar-refractivity contribution is 9.10. The van der Waals surface area contributed by atoms with Crippen LogP contribution in [0.15, 0.2) is 16.6 Å². The van der Waals surface area contributed by atoms with Crippen molar-refractivity contribution in [1.82, 2.24) is 0 Å². The van der Waals surface area contributed by atoms with Crippen molar-refractivity contribution in [2.45, 2.75) is 6.61 Å². The van der Waals surface area contributed by atoms with E-state index in [1.54, 1.807) is 14.2 Å². The van der Waals surface area contributed by atoms with E-state index >= 15 is 0 Å². The number of hydrogen-bond acceptors (Lipinski definition) is 4. The van der Waals surface area contributed by atoms with E-state index in [0.29, 0.717) is 5.75 Å². The molecule has 0 aromatic heterocycles. The number of hydrogen-bond donors (Lipinski definition) is 1. The van der Waals surface area contributed by atoms with E-state index in [2.05, 4.69) is 20.8 Å². The molecule has 0 aliphatic heterocycles. The van der Waals surface area contributed by atoms with Gasteiger partial charge in [0, 0.05) is 5.56 Å². The third-order valence-corrected chi connectivity index (χ3v) is 2.41. The largest absolute Gasteiger partial charge is 0.496 e. The van der Waals surface area contributed by atoms with Crippen molar-refractivity contribution in [2.75, 3.05) is 14.2 Å². The van der Waals surface area contributed by atoms with Gasteiger partial charge in [0.05, 0.1) is 25.3 Å². The second-order valence-corrected chi connectivity index (χ2v) is 3.46. The Labute approximate surface area is 91.0 Å². The zero-order valence-electron chi connectivity index (χ0n) is 8.04. The van der Waals surface area contributed by atoms with E-state index in [9.17, 15) is 0 Å². The van der Waals surface area contributed by atoms with Crippen molar-refractivity contribution < 1.29 is 14.3 Å². The molecular formula is C9H12BrNO3. The van der Waals surface area contributed by atoms with Gasteiger partial charge >= 0.3 is 0 Å². The summed E-state index contributed by atoms with van der Waals surface area (Å²) in [5.41, 5.74) is 0.843. The molecule has 0 radical (unpaired) electrons. The molecular weight excluding hydrogens is 250 g/mol. The van der Waals surface area contributed by atoms with Crippen LogP contribution in [0.3, 0.4) is 0 Å². The Balaban J connectivity index is 3.11. The molecule has 4 nitrogen and oxygen atoms in total. The SMILES string of the molecule is COc1cc(CON)c(OC)cc1Br. The monoisotopic (exact) mass is 261 g/mol. The van der Waals surface area contributed by atoms with E-state index in [-0.39, 0.29) is 6.61 Å². The normalized spacial score (nSPS) is 10.0. The lowest BCUT2D eigenvalue weighted by Gasteiger charge is -2.11. The van der Waals surface area contributed by atoms with Crippen molar-refractivity contribution in [2.24, 2.45) is 5.90 Å². The maximum absolute atomic E-state index is 5.16. The fraction of sp³-hybridized carbons (Fsp3) is 0.333. The third kappa shape index (κ3) is 2.37. The van der Waals surface area contributed by atoms with Crippen LogP contribution in [-0.2, 0) is 11.4 Å². The first-order valence-electron chi connectivity index (χ1n) is 3.95. The Kier molecular flexibility index (Phi) is 4.19. The maximum atomic E-state index is 5.16. The minimum Gasteiger partial charge on any atom is -0.496 e. The average Bonchev–Trinajstić information content (AvgIpc) is 2.20. The van der Waals surface area contributed by atoms with Crippen molar-refractivity contribution >= 4 is 15.9 Å². The Morgan fingerprint density at radius 3 is 2.36 bits per heavy atom. The van der Waals surface area contributed by atoms with Gasteiger partial charge in [0.15, 0.2) is 0 Å². The molecule has 78 valence electrons. The molecule has 0 aliphatic carbocycles. The molecule has 14 heavy (non-hydrogen) atoms. The topological polar surface area (TPSA) is 53.7 Å². The van der Waals surface area contributed by atoms with E-state index < -0.39 is 0 Å². The highest BCUT2D eigenvalue weighted by Gasteiger charge is 2.09. The van der Waals surface area contributed by atoms with Crippen molar-refractivity contribution in [3.05, 3.63) is 22.2 Å². The van der Waals surface area contributed by atoms with E-state index in [4.69, 9.17) is 15.4 Å². The Bertz CT molecular complexity index is 317. The molecule has 0 atom stereocenters. The zero-order valence-corrected chi connectivity index (χ0v) is 9.63. The van der Waals surface area contributed by atoms with Crippen LogP contribution in [0.1, 0.15) is 5.56 Å². The number of nitrogens with two attached hydrogens (primary N) is 1. The Morgan fingerprint density at radius 2 is 1.86 bits per heavy atom. The van der Waals surface area contributed by atoms with E-state index in [1.165, 1.54) is 0 Å². The molecule has 0 fully saturated rings. The number of methoxy groups -OCH3 is 2. The summed E-state index contributed by atoms with van der Waals surface area (Å²) in [7, 11) is 3.19. The summed E-state index contributed by atoms with van der Waals surface area (Å²) in [5.74, 6) is 6.44. The first-order chi connectivity index (χ1) is 6.72. The van der Waals surface area contributed by atoms with Gasteiger partial charge in [0.1, 0.15) is 11.5 Å². The molecule has 0 amide bonds. The highest BCUT2D eigenvalue weighted by atomic mass is 79.9. The first-order valence-corrected chi connectivity index (χ1v) is 4.74. The summed E-state index contributed by atoms with van der Waals surface area (Å²) in [6.45, 7) is 0.285. The molecule has 5 heteroatoms. The minimum absolute atomic E-state index is 0.285. The van der Waals surface area contributed by atoms with Gasteiger partial charge in [-0.25, -0.2) is 5.90 Å². The molecule has 1 rings (SSSR count). The molecule has 1 aromatic rings. The van der Waals surface area contributed by atoms with Gasteiger partial charge in [0.25, 0.3) is 0 Å². The Hall–Kier alpha value is -0.780. The molecule has 1 aromatic carbocycles. The van der Waals surface area contributed by atoms with Crippen LogP contribution >= 0.6 is 15.9 Å². The average molecular weight is 262 g/mol. The lowest BCUT2D eigenvalue weighted by atomic mass is 10.2. The summed E-state index contributed by atoms with van der Waals surface area (Å²) in [4.78, 5) is 4.56. The molecule has 0 unspecified atom stereocenters. The lowest BCUT2D eigenvalue weighted by molar-refractivity contribution is 0.122.